The fourth-order valence-electron chi connectivity index (χ4n) is 3.91. The van der Waals surface area contributed by atoms with Crippen molar-refractivity contribution in [3.63, 3.8) is 0 Å². The van der Waals surface area contributed by atoms with Crippen molar-refractivity contribution >= 4 is 43.3 Å². The van der Waals surface area contributed by atoms with Crippen LogP contribution in [0.3, 0.4) is 0 Å². The molecular formula is C18H18BrN3OS. The summed E-state index contributed by atoms with van der Waals surface area (Å²) >= 11 is 5.16. The van der Waals surface area contributed by atoms with Crippen molar-refractivity contribution in [1.29, 1.82) is 5.26 Å². The number of carbonyl (C=O) groups excluding carboxylic acids is 1. The SMILES string of the molecule is N#CC(Cc1cc2cc(Br)ccc2s1)NC(=O)[C@H]1N[C@H]2CC[C@H]1C2. The predicted octanol–water partition coefficient (Wildman–Crippen LogP) is 3.36. The summed E-state index contributed by atoms with van der Waals surface area (Å²) in [7, 11) is 0. The van der Waals surface area contributed by atoms with Crippen LogP contribution in [0.2, 0.25) is 0 Å². The molecular weight excluding hydrogens is 386 g/mol. The van der Waals surface area contributed by atoms with Crippen LogP contribution < -0.4 is 10.6 Å². The molecule has 4 rings (SSSR count). The number of fused-ring (bicyclic) bond motifs is 3. The first-order valence-electron chi connectivity index (χ1n) is 8.26. The number of nitriles is 1. The van der Waals surface area contributed by atoms with Crippen LogP contribution in [0.25, 0.3) is 10.1 Å². The maximum atomic E-state index is 12.5. The average Bonchev–Trinajstić information content (AvgIpc) is 3.28. The summed E-state index contributed by atoms with van der Waals surface area (Å²) in [4.78, 5) is 13.6. The van der Waals surface area contributed by atoms with Crippen molar-refractivity contribution in [1.82, 2.24) is 10.6 Å². The topological polar surface area (TPSA) is 64.9 Å². The molecule has 2 bridgehead atoms. The summed E-state index contributed by atoms with van der Waals surface area (Å²) in [5.74, 6) is 0.425. The Morgan fingerprint density at radius 1 is 1.46 bits per heavy atom. The Bertz CT molecular complexity index is 827. The number of thiophene rings is 1. The Hall–Kier alpha value is -1.42. The van der Waals surface area contributed by atoms with E-state index in [2.05, 4.69) is 50.8 Å². The third-order valence-corrected chi connectivity index (χ3v) is 6.68. The fraction of sp³-hybridized carbons (Fsp3) is 0.444. The lowest BCUT2D eigenvalue weighted by atomic mass is 9.99. The summed E-state index contributed by atoms with van der Waals surface area (Å²) in [6, 6.07) is 10.4. The van der Waals surface area contributed by atoms with E-state index in [-0.39, 0.29) is 11.9 Å². The van der Waals surface area contributed by atoms with Gasteiger partial charge in [-0.1, -0.05) is 15.9 Å². The normalized spacial score (nSPS) is 26.4. The predicted molar refractivity (Wildman–Crippen MR) is 98.8 cm³/mol. The first-order valence-corrected chi connectivity index (χ1v) is 9.87. The van der Waals surface area contributed by atoms with Crippen molar-refractivity contribution in [2.45, 2.75) is 43.8 Å². The number of nitrogens with one attached hydrogen (secondary N) is 2. The second-order valence-electron chi connectivity index (χ2n) is 6.70. The number of hydrogen-bond acceptors (Lipinski definition) is 4. The van der Waals surface area contributed by atoms with Gasteiger partial charge in [0, 0.05) is 26.5 Å². The van der Waals surface area contributed by atoms with Gasteiger partial charge in [-0.25, -0.2) is 0 Å². The summed E-state index contributed by atoms with van der Waals surface area (Å²) in [5.41, 5.74) is 0. The van der Waals surface area contributed by atoms with E-state index in [1.807, 2.05) is 6.07 Å². The van der Waals surface area contributed by atoms with E-state index in [0.29, 0.717) is 18.4 Å². The van der Waals surface area contributed by atoms with E-state index in [9.17, 15) is 10.1 Å². The van der Waals surface area contributed by atoms with Crippen molar-refractivity contribution in [2.24, 2.45) is 5.92 Å². The minimum atomic E-state index is -0.477. The zero-order valence-corrected chi connectivity index (χ0v) is 15.5. The summed E-state index contributed by atoms with van der Waals surface area (Å²) in [6.45, 7) is 0. The molecule has 1 saturated heterocycles. The minimum absolute atomic E-state index is 0.0161. The smallest absolute Gasteiger partial charge is 0.238 e. The first-order chi connectivity index (χ1) is 11.6. The highest BCUT2D eigenvalue weighted by atomic mass is 79.9. The molecule has 4 nitrogen and oxygen atoms in total. The second-order valence-corrected chi connectivity index (χ2v) is 8.79. The lowest BCUT2D eigenvalue weighted by Gasteiger charge is -2.23. The molecule has 1 aromatic heterocycles. The molecule has 6 heteroatoms. The van der Waals surface area contributed by atoms with Crippen LogP contribution in [0.5, 0.6) is 0 Å². The number of benzene rings is 1. The highest BCUT2D eigenvalue weighted by Crippen LogP contribution is 2.35. The third kappa shape index (κ3) is 3.08. The van der Waals surface area contributed by atoms with E-state index >= 15 is 0 Å². The molecule has 1 saturated carbocycles. The fourth-order valence-corrected chi connectivity index (χ4v) is 5.38. The molecule has 1 aliphatic carbocycles. The van der Waals surface area contributed by atoms with Gasteiger partial charge in [-0.3, -0.25) is 4.79 Å². The van der Waals surface area contributed by atoms with Gasteiger partial charge in [0.15, 0.2) is 0 Å². The quantitative estimate of drug-likeness (QED) is 0.822. The van der Waals surface area contributed by atoms with Crippen LogP contribution in [0, 0.1) is 17.2 Å². The molecule has 2 N–H and O–H groups in total. The van der Waals surface area contributed by atoms with Crippen LogP contribution in [0.4, 0.5) is 0 Å². The molecule has 1 aliphatic heterocycles. The Kier molecular flexibility index (Phi) is 4.33. The molecule has 1 aromatic carbocycles. The van der Waals surface area contributed by atoms with Crippen LogP contribution in [-0.2, 0) is 11.2 Å². The lowest BCUT2D eigenvalue weighted by molar-refractivity contribution is -0.124. The average molecular weight is 404 g/mol. The van der Waals surface area contributed by atoms with E-state index in [1.165, 1.54) is 16.5 Å². The molecule has 124 valence electrons. The summed E-state index contributed by atoms with van der Waals surface area (Å²) in [5, 5.41) is 16.9. The second kappa shape index (κ2) is 6.47. The van der Waals surface area contributed by atoms with E-state index in [1.54, 1.807) is 11.3 Å². The van der Waals surface area contributed by atoms with Crippen LogP contribution in [0.15, 0.2) is 28.7 Å². The number of nitrogens with zero attached hydrogens (tertiary/aromatic N) is 1. The van der Waals surface area contributed by atoms with Gasteiger partial charge in [-0.05, 0) is 54.8 Å². The summed E-state index contributed by atoms with van der Waals surface area (Å²) in [6.07, 6.45) is 3.95. The molecule has 4 atom stereocenters. The number of rotatable bonds is 4. The molecule has 2 aromatic rings. The van der Waals surface area contributed by atoms with Crippen molar-refractivity contribution in [3.8, 4) is 6.07 Å². The Morgan fingerprint density at radius 3 is 3.04 bits per heavy atom. The number of halogens is 1. The van der Waals surface area contributed by atoms with Gasteiger partial charge >= 0.3 is 0 Å². The van der Waals surface area contributed by atoms with Gasteiger partial charge < -0.3 is 10.6 Å². The van der Waals surface area contributed by atoms with E-state index < -0.39 is 6.04 Å². The van der Waals surface area contributed by atoms with Gasteiger partial charge in [0.1, 0.15) is 6.04 Å². The van der Waals surface area contributed by atoms with Gasteiger partial charge in [0.2, 0.25) is 5.91 Å². The molecule has 1 amide bonds. The zero-order valence-electron chi connectivity index (χ0n) is 13.1. The monoisotopic (exact) mass is 403 g/mol. The van der Waals surface area contributed by atoms with Crippen LogP contribution in [-0.4, -0.2) is 24.0 Å². The van der Waals surface area contributed by atoms with E-state index in [4.69, 9.17) is 0 Å². The number of piperidine rings is 1. The molecule has 0 radical (unpaired) electrons. The van der Waals surface area contributed by atoms with Crippen LogP contribution >= 0.6 is 27.3 Å². The molecule has 24 heavy (non-hydrogen) atoms. The van der Waals surface area contributed by atoms with E-state index in [0.717, 1.165) is 22.2 Å². The maximum Gasteiger partial charge on any atom is 0.238 e. The number of carbonyl (C=O) groups is 1. The molecule has 2 fully saturated rings. The highest BCUT2D eigenvalue weighted by Gasteiger charge is 2.43. The number of hydrogen-bond donors (Lipinski definition) is 2. The van der Waals surface area contributed by atoms with Gasteiger partial charge in [0.25, 0.3) is 0 Å². The maximum absolute atomic E-state index is 12.5. The zero-order chi connectivity index (χ0) is 16.7. The van der Waals surface area contributed by atoms with Crippen molar-refractivity contribution in [3.05, 3.63) is 33.6 Å². The lowest BCUT2D eigenvalue weighted by Crippen LogP contribution is -2.50. The largest absolute Gasteiger partial charge is 0.339 e. The Labute approximate surface area is 153 Å². The van der Waals surface area contributed by atoms with Gasteiger partial charge in [0.05, 0.1) is 12.1 Å². The minimum Gasteiger partial charge on any atom is -0.339 e. The highest BCUT2D eigenvalue weighted by molar-refractivity contribution is 9.10. The van der Waals surface area contributed by atoms with Gasteiger partial charge in [-0.15, -0.1) is 11.3 Å². The Balaban J connectivity index is 1.43. The van der Waals surface area contributed by atoms with Crippen molar-refractivity contribution < 1.29 is 4.79 Å². The van der Waals surface area contributed by atoms with Crippen molar-refractivity contribution in [2.75, 3.05) is 0 Å². The van der Waals surface area contributed by atoms with Gasteiger partial charge in [-0.2, -0.15) is 5.26 Å². The first kappa shape index (κ1) is 16.1. The third-order valence-electron chi connectivity index (χ3n) is 5.05. The summed E-state index contributed by atoms with van der Waals surface area (Å²) < 4.78 is 2.25. The molecule has 2 aliphatic rings. The molecule has 1 unspecified atom stereocenters. The Morgan fingerprint density at radius 2 is 2.33 bits per heavy atom. The molecule has 2 heterocycles. The standard InChI is InChI=1S/C18H18BrN3OS/c19-12-2-4-16-11(5-12)7-15(24-16)8-14(9-20)22-18(23)17-10-1-3-13(6-10)21-17/h2,4-5,7,10,13-14,17,21H,1,3,6,8H2,(H,22,23)/t10-,13-,14?,17-/m0/s1. The number of amides is 1. The van der Waals surface area contributed by atoms with Crippen LogP contribution in [0.1, 0.15) is 24.1 Å². The molecule has 0 spiro atoms.